The number of ether oxygens (including phenoxy) is 3. The second-order valence-corrected chi connectivity index (χ2v) is 10.3. The van der Waals surface area contributed by atoms with E-state index >= 15 is 0 Å². The first-order chi connectivity index (χ1) is 16.5. The maximum atomic E-state index is 12.5. The molecule has 0 bridgehead atoms. The normalized spacial score (nSPS) is 14.0. The van der Waals surface area contributed by atoms with Gasteiger partial charge in [-0.3, -0.25) is 0 Å². The number of furan rings is 1. The number of nitrogens with one attached hydrogen (secondary N) is 2. The average molecular weight is 687 g/mol. The molecule has 1 aromatic heterocycles. The van der Waals surface area contributed by atoms with Crippen LogP contribution < -0.4 is 15.4 Å². The number of methoxy groups -OCH3 is 2. The number of benzene rings is 1. The Bertz CT molecular complexity index is 1090. The van der Waals surface area contributed by atoms with E-state index < -0.39 is 5.91 Å². The summed E-state index contributed by atoms with van der Waals surface area (Å²) in [5.74, 6) is 0.616. The number of carbonyl (C=O) groups is 1. The molecule has 0 atom stereocenters. The van der Waals surface area contributed by atoms with Gasteiger partial charge in [-0.25, -0.2) is 0 Å². The van der Waals surface area contributed by atoms with Gasteiger partial charge in [0.05, 0.1) is 0 Å². The van der Waals surface area contributed by atoms with Crippen LogP contribution in [0.2, 0.25) is 0 Å². The number of fused-ring (bicyclic) bond motifs is 1. The standard InChI is InChI=1S/C22H24NO5.C4H8N.V.W/c1-14-10-15-8-9-22(2,3)17(15)11-19(14)28-20-7-6-18(27-20)21(24)23-16(12-25-4)13-26-5;1-4(2)5-3;;/h6-7,10-11H,8-9H2,1-5H3,(H,23,24);4-5H,1-2H3;;/q2*-1;;. The van der Waals surface area contributed by atoms with Gasteiger partial charge in [0, 0.05) is 0 Å². The molecule has 0 saturated carbocycles. The molecule has 0 radical (unpaired) electrons. The molecule has 0 unspecified atom stereocenters. The summed E-state index contributed by atoms with van der Waals surface area (Å²) in [7, 11) is 2.91. The van der Waals surface area contributed by atoms with Crippen LogP contribution in [0.3, 0.4) is 0 Å². The van der Waals surface area contributed by atoms with Gasteiger partial charge in [0.2, 0.25) is 0 Å². The monoisotopic (exact) mass is 687 g/mol. The number of hydrogen-bond acceptors (Lipinski definition) is 6. The SMILES string of the molecule is CC(C)N[C-]=[W].CO[C-]=C(NC(=O)c1ccc(Oc2cc3c(cc2C)CCC3(C)C)o1)[C](=[V])OC. The fraction of sp³-hybridized carbons (Fsp3) is 0.423. The molecule has 1 aliphatic rings. The molecule has 0 fully saturated rings. The minimum atomic E-state index is -0.466. The van der Waals surface area contributed by atoms with E-state index in [-0.39, 0.29) is 22.8 Å². The summed E-state index contributed by atoms with van der Waals surface area (Å²) in [5, 5.41) is 5.63. The molecule has 1 aliphatic carbocycles. The van der Waals surface area contributed by atoms with Crippen LogP contribution in [-0.2, 0) is 57.6 Å². The number of hydrogen-bond donors (Lipinski definition) is 2. The molecule has 1 aromatic carbocycles. The summed E-state index contributed by atoms with van der Waals surface area (Å²) >= 11 is 3.55. The Kier molecular flexibility index (Phi) is 11.4. The van der Waals surface area contributed by atoms with Crippen molar-refractivity contribution in [2.45, 2.75) is 58.9 Å². The van der Waals surface area contributed by atoms with Gasteiger partial charge < -0.3 is 0 Å². The summed E-state index contributed by atoms with van der Waals surface area (Å²) in [5.41, 5.74) is 4.10. The van der Waals surface area contributed by atoms with Crippen molar-refractivity contribution < 1.29 is 59.8 Å². The van der Waals surface area contributed by atoms with Crippen molar-refractivity contribution in [1.82, 2.24) is 10.6 Å². The first-order valence-electron chi connectivity index (χ1n) is 11.1. The third-order valence-electron chi connectivity index (χ3n) is 5.36. The molecule has 0 aliphatic heterocycles. The fourth-order valence-corrected chi connectivity index (χ4v) is 4.51. The number of rotatable bonds is 9. The molecule has 3 rings (SSSR count). The third kappa shape index (κ3) is 8.40. The van der Waals surface area contributed by atoms with Crippen LogP contribution in [-0.4, -0.2) is 35.1 Å². The Labute approximate surface area is 227 Å². The molecule has 0 saturated heterocycles. The van der Waals surface area contributed by atoms with E-state index in [1.807, 2.05) is 6.92 Å². The summed E-state index contributed by atoms with van der Waals surface area (Å²) in [4.78, 5) is 12.5. The van der Waals surface area contributed by atoms with Crippen molar-refractivity contribution in [2.24, 2.45) is 0 Å². The summed E-state index contributed by atoms with van der Waals surface area (Å²) in [6.45, 7) is 10.7. The van der Waals surface area contributed by atoms with Gasteiger partial charge in [0.1, 0.15) is 0 Å². The van der Waals surface area contributed by atoms with E-state index in [0.717, 1.165) is 24.2 Å². The Morgan fingerprint density at radius 2 is 1.97 bits per heavy atom. The van der Waals surface area contributed by atoms with E-state index in [2.05, 4.69) is 78.2 Å². The molecular formula is C26H32N2O5VW-2. The van der Waals surface area contributed by atoms with Gasteiger partial charge in [-0.2, -0.15) is 0 Å². The Balaban J connectivity index is 0.000000641. The van der Waals surface area contributed by atoms with Crippen molar-refractivity contribution in [2.75, 3.05) is 14.2 Å². The predicted molar refractivity (Wildman–Crippen MR) is 128 cm³/mol. The first-order valence-corrected chi connectivity index (χ1v) is 13.3. The molecule has 189 valence electrons. The minimum absolute atomic E-state index is 0.103. The van der Waals surface area contributed by atoms with Crippen molar-refractivity contribution in [3.63, 3.8) is 0 Å². The number of aryl methyl sites for hydroxylation is 2. The third-order valence-corrected chi connectivity index (χ3v) is 6.42. The van der Waals surface area contributed by atoms with E-state index in [0.29, 0.717) is 10.5 Å². The van der Waals surface area contributed by atoms with E-state index in [4.69, 9.17) is 18.6 Å². The Hall–Kier alpha value is -1.76. The number of carbonyl (C=O) groups excluding carboxylic acids is 1. The van der Waals surface area contributed by atoms with E-state index in [9.17, 15) is 4.79 Å². The van der Waals surface area contributed by atoms with Crippen molar-refractivity contribution in [1.29, 1.82) is 0 Å². The van der Waals surface area contributed by atoms with Gasteiger partial charge >= 0.3 is 202 Å². The summed E-state index contributed by atoms with van der Waals surface area (Å²) in [6.07, 6.45) is 4.76. The molecule has 35 heavy (non-hydrogen) atoms. The zero-order valence-electron chi connectivity index (χ0n) is 21.2. The first kappa shape index (κ1) is 29.5. The van der Waals surface area contributed by atoms with Gasteiger partial charge in [-0.15, -0.1) is 0 Å². The quantitative estimate of drug-likeness (QED) is 0.235. The van der Waals surface area contributed by atoms with Crippen molar-refractivity contribution in [3.8, 4) is 11.7 Å². The molecule has 1 amide bonds. The van der Waals surface area contributed by atoms with Gasteiger partial charge in [0.25, 0.3) is 0 Å². The fourth-order valence-electron chi connectivity index (χ4n) is 3.50. The molecule has 9 heteroatoms. The second-order valence-electron chi connectivity index (χ2n) is 8.93. The predicted octanol–water partition coefficient (Wildman–Crippen LogP) is 4.12. The van der Waals surface area contributed by atoms with Crippen LogP contribution in [0.1, 0.15) is 61.4 Å². The number of amides is 1. The van der Waals surface area contributed by atoms with Gasteiger partial charge in [-0.05, 0) is 12.8 Å². The van der Waals surface area contributed by atoms with E-state index in [1.165, 1.54) is 44.7 Å². The van der Waals surface area contributed by atoms with Crippen LogP contribution in [0.25, 0.3) is 0 Å². The Morgan fingerprint density at radius 1 is 1.26 bits per heavy atom. The zero-order valence-corrected chi connectivity index (χ0v) is 25.5. The topological polar surface area (TPSA) is 82.0 Å². The maximum absolute atomic E-state index is 12.5. The summed E-state index contributed by atoms with van der Waals surface area (Å²) in [6, 6.07) is 8.00. The van der Waals surface area contributed by atoms with Gasteiger partial charge in [0.15, 0.2) is 0 Å². The zero-order chi connectivity index (χ0) is 26.2. The van der Waals surface area contributed by atoms with Crippen LogP contribution in [0.5, 0.6) is 11.7 Å². The van der Waals surface area contributed by atoms with Crippen molar-refractivity contribution >= 4 is 14.8 Å². The molecule has 7 nitrogen and oxygen atoms in total. The van der Waals surface area contributed by atoms with Crippen molar-refractivity contribution in [3.05, 3.63) is 58.7 Å². The molecular weight excluding hydrogens is 655 g/mol. The molecule has 2 N–H and O–H groups in total. The molecule has 0 spiro atoms. The average Bonchev–Trinajstić information content (AvgIpc) is 3.38. The molecule has 1 heterocycles. The van der Waals surface area contributed by atoms with Crippen LogP contribution >= 0.6 is 0 Å². The van der Waals surface area contributed by atoms with E-state index in [1.54, 1.807) is 12.1 Å². The second kappa shape index (κ2) is 13.5. The molecule has 2 aromatic rings. The van der Waals surface area contributed by atoms with Crippen LogP contribution in [0.4, 0.5) is 0 Å². The summed E-state index contributed by atoms with van der Waals surface area (Å²) < 4.78 is 24.8. The Morgan fingerprint density at radius 3 is 2.54 bits per heavy atom. The van der Waals surface area contributed by atoms with Crippen LogP contribution in [0, 0.1) is 13.2 Å². The van der Waals surface area contributed by atoms with Gasteiger partial charge in [-0.1, -0.05) is 13.8 Å². The van der Waals surface area contributed by atoms with Crippen LogP contribution in [0.15, 0.2) is 34.4 Å².